The molecule has 0 saturated heterocycles. The maximum Gasteiger partial charge on any atom is 0.321 e. The summed E-state index contributed by atoms with van der Waals surface area (Å²) in [7, 11) is -3.47. The van der Waals surface area contributed by atoms with Crippen LogP contribution in [0.25, 0.3) is 0 Å². The minimum atomic E-state index is -3.47. The topological polar surface area (TPSA) is 83.5 Å². The number of hydrogen-bond donors (Lipinski definition) is 2. The maximum absolute atomic E-state index is 11.9. The largest absolute Gasteiger partial charge is 0.480 e. The third kappa shape index (κ3) is 3.45. The van der Waals surface area contributed by atoms with E-state index in [-0.39, 0.29) is 6.42 Å². The summed E-state index contributed by atoms with van der Waals surface area (Å²) in [6, 6.07) is -0.994. The summed E-state index contributed by atoms with van der Waals surface area (Å²) < 4.78 is 26.1. The highest BCUT2D eigenvalue weighted by Gasteiger charge is 2.30. The molecule has 0 aliphatic heterocycles. The van der Waals surface area contributed by atoms with Crippen LogP contribution in [0.15, 0.2) is 0 Å². The number of carboxylic acid groups (broad SMARTS) is 1. The Morgan fingerprint density at radius 1 is 1.38 bits per heavy atom. The van der Waals surface area contributed by atoms with Crippen LogP contribution in [-0.2, 0) is 14.8 Å². The molecular formula is C10H19NO4S. The summed E-state index contributed by atoms with van der Waals surface area (Å²) in [5, 5.41) is 8.40. The quantitative estimate of drug-likeness (QED) is 0.764. The van der Waals surface area contributed by atoms with E-state index in [0.717, 1.165) is 19.3 Å². The lowest BCUT2D eigenvalue weighted by Crippen LogP contribution is -2.45. The van der Waals surface area contributed by atoms with Crippen molar-refractivity contribution in [2.24, 2.45) is 0 Å². The first-order valence-electron chi connectivity index (χ1n) is 5.71. The highest BCUT2D eigenvalue weighted by molar-refractivity contribution is 7.90. The monoisotopic (exact) mass is 249 g/mol. The Bertz CT molecular complexity index is 333. The van der Waals surface area contributed by atoms with Gasteiger partial charge in [-0.05, 0) is 19.3 Å². The van der Waals surface area contributed by atoms with E-state index in [4.69, 9.17) is 5.11 Å². The van der Waals surface area contributed by atoms with E-state index in [9.17, 15) is 13.2 Å². The summed E-state index contributed by atoms with van der Waals surface area (Å²) >= 11 is 0. The average Bonchev–Trinajstić information content (AvgIpc) is 2.27. The molecule has 5 nitrogen and oxygen atoms in total. The van der Waals surface area contributed by atoms with Crippen LogP contribution in [0.5, 0.6) is 0 Å². The van der Waals surface area contributed by atoms with Gasteiger partial charge in [-0.1, -0.05) is 26.2 Å². The minimum absolute atomic E-state index is 0.265. The molecule has 0 spiro atoms. The summed E-state index contributed by atoms with van der Waals surface area (Å²) in [4.78, 5) is 10.8. The Morgan fingerprint density at radius 2 is 1.94 bits per heavy atom. The minimum Gasteiger partial charge on any atom is -0.480 e. The summed E-state index contributed by atoms with van der Waals surface area (Å²) in [6.07, 6.45) is 4.45. The van der Waals surface area contributed by atoms with Crippen molar-refractivity contribution in [1.29, 1.82) is 0 Å². The van der Waals surface area contributed by atoms with Gasteiger partial charge in [0.1, 0.15) is 6.04 Å². The number of nitrogens with one attached hydrogen (secondary N) is 1. The zero-order valence-corrected chi connectivity index (χ0v) is 10.3. The number of carbonyl (C=O) groups is 1. The molecule has 0 aromatic heterocycles. The van der Waals surface area contributed by atoms with Crippen LogP contribution >= 0.6 is 0 Å². The van der Waals surface area contributed by atoms with Crippen LogP contribution in [0.1, 0.15) is 45.4 Å². The van der Waals surface area contributed by atoms with Crippen molar-refractivity contribution < 1.29 is 18.3 Å². The van der Waals surface area contributed by atoms with Gasteiger partial charge in [-0.3, -0.25) is 4.79 Å². The Hall–Kier alpha value is -0.620. The Kier molecular flexibility index (Phi) is 4.73. The standard InChI is InChI=1S/C10H19NO4S/c1-2-9(10(12)13)11-16(14,15)8-6-4-3-5-7-8/h8-9,11H,2-7H2,1H3,(H,12,13)/t9-/m0/s1. The molecule has 1 aliphatic carbocycles. The first kappa shape index (κ1) is 13.4. The highest BCUT2D eigenvalue weighted by atomic mass is 32.2. The normalized spacial score (nSPS) is 20.6. The van der Waals surface area contributed by atoms with E-state index in [1.54, 1.807) is 6.92 Å². The van der Waals surface area contributed by atoms with Gasteiger partial charge in [-0.15, -0.1) is 0 Å². The molecule has 0 bridgehead atoms. The second-order valence-electron chi connectivity index (χ2n) is 4.22. The molecule has 0 amide bonds. The van der Waals surface area contributed by atoms with Crippen LogP contribution in [0, 0.1) is 0 Å². The van der Waals surface area contributed by atoms with Crippen LogP contribution < -0.4 is 4.72 Å². The molecule has 16 heavy (non-hydrogen) atoms. The summed E-state index contributed by atoms with van der Waals surface area (Å²) in [5.41, 5.74) is 0. The Labute approximate surface area is 96.3 Å². The zero-order chi connectivity index (χ0) is 12.2. The summed E-state index contributed by atoms with van der Waals surface area (Å²) in [6.45, 7) is 1.65. The molecule has 1 saturated carbocycles. The van der Waals surface area contributed by atoms with Gasteiger partial charge >= 0.3 is 5.97 Å². The lowest BCUT2D eigenvalue weighted by Gasteiger charge is -2.23. The van der Waals surface area contributed by atoms with E-state index < -0.39 is 27.3 Å². The molecule has 0 aromatic rings. The number of aliphatic carboxylic acids is 1. The lowest BCUT2D eigenvalue weighted by atomic mass is 10.0. The molecule has 94 valence electrons. The third-order valence-electron chi connectivity index (χ3n) is 3.00. The molecule has 0 radical (unpaired) electrons. The molecule has 1 rings (SSSR count). The van der Waals surface area contributed by atoms with Crippen LogP contribution in [0.2, 0.25) is 0 Å². The SMILES string of the molecule is CC[C@H](NS(=O)(=O)C1CCCCC1)C(=O)O. The van der Waals surface area contributed by atoms with Crippen molar-refractivity contribution in [3.8, 4) is 0 Å². The fourth-order valence-electron chi connectivity index (χ4n) is 1.98. The van der Waals surface area contributed by atoms with Crippen molar-refractivity contribution in [2.45, 2.75) is 56.7 Å². The van der Waals surface area contributed by atoms with Gasteiger partial charge in [0.15, 0.2) is 0 Å². The van der Waals surface area contributed by atoms with Crippen molar-refractivity contribution in [2.75, 3.05) is 0 Å². The van der Waals surface area contributed by atoms with Gasteiger partial charge in [0.05, 0.1) is 5.25 Å². The predicted molar refractivity (Wildman–Crippen MR) is 60.6 cm³/mol. The fraction of sp³-hybridized carbons (Fsp3) is 0.900. The molecule has 0 heterocycles. The van der Waals surface area contributed by atoms with Crippen molar-refractivity contribution >= 4 is 16.0 Å². The van der Waals surface area contributed by atoms with Crippen molar-refractivity contribution in [1.82, 2.24) is 4.72 Å². The van der Waals surface area contributed by atoms with Gasteiger partial charge in [-0.2, -0.15) is 0 Å². The van der Waals surface area contributed by atoms with Crippen LogP contribution in [0.4, 0.5) is 0 Å². The van der Waals surface area contributed by atoms with Gasteiger partial charge < -0.3 is 5.11 Å². The number of rotatable bonds is 5. The Balaban J connectivity index is 2.65. The second kappa shape index (κ2) is 5.63. The summed E-state index contributed by atoms with van der Waals surface area (Å²) in [5.74, 6) is -1.11. The molecule has 0 aromatic carbocycles. The highest BCUT2D eigenvalue weighted by Crippen LogP contribution is 2.23. The van der Waals surface area contributed by atoms with Crippen LogP contribution in [-0.4, -0.2) is 30.8 Å². The molecule has 1 fully saturated rings. The third-order valence-corrected chi connectivity index (χ3v) is 4.97. The fourth-order valence-corrected chi connectivity index (χ4v) is 3.79. The average molecular weight is 249 g/mol. The predicted octanol–water partition coefficient (Wildman–Crippen LogP) is 1.10. The first-order chi connectivity index (χ1) is 7.47. The lowest BCUT2D eigenvalue weighted by molar-refractivity contribution is -0.139. The van der Waals surface area contributed by atoms with Crippen molar-refractivity contribution in [3.63, 3.8) is 0 Å². The first-order valence-corrected chi connectivity index (χ1v) is 7.26. The van der Waals surface area contributed by atoms with Gasteiger partial charge in [0, 0.05) is 0 Å². The van der Waals surface area contributed by atoms with Gasteiger partial charge in [0.2, 0.25) is 10.0 Å². The molecular weight excluding hydrogens is 230 g/mol. The van der Waals surface area contributed by atoms with E-state index >= 15 is 0 Å². The smallest absolute Gasteiger partial charge is 0.321 e. The molecule has 0 unspecified atom stereocenters. The Morgan fingerprint density at radius 3 is 2.38 bits per heavy atom. The van der Waals surface area contributed by atoms with E-state index in [0.29, 0.717) is 12.8 Å². The zero-order valence-electron chi connectivity index (χ0n) is 9.48. The van der Waals surface area contributed by atoms with Gasteiger partial charge in [0.25, 0.3) is 0 Å². The van der Waals surface area contributed by atoms with Crippen LogP contribution in [0.3, 0.4) is 0 Å². The van der Waals surface area contributed by atoms with Gasteiger partial charge in [-0.25, -0.2) is 13.1 Å². The number of carboxylic acids is 1. The molecule has 1 aliphatic rings. The number of sulfonamides is 1. The molecule has 1 atom stereocenters. The maximum atomic E-state index is 11.9. The number of hydrogen-bond acceptors (Lipinski definition) is 3. The second-order valence-corrected chi connectivity index (χ2v) is 6.21. The van der Waals surface area contributed by atoms with Crippen molar-refractivity contribution in [3.05, 3.63) is 0 Å². The van der Waals surface area contributed by atoms with E-state index in [1.165, 1.54) is 0 Å². The molecule has 6 heteroatoms. The molecule has 2 N–H and O–H groups in total. The van der Waals surface area contributed by atoms with E-state index in [2.05, 4.69) is 4.72 Å². The van der Waals surface area contributed by atoms with E-state index in [1.807, 2.05) is 0 Å².